The fourth-order valence-corrected chi connectivity index (χ4v) is 2.21. The van der Waals surface area contributed by atoms with Crippen LogP contribution in [0.2, 0.25) is 0 Å². The van der Waals surface area contributed by atoms with Gasteiger partial charge < -0.3 is 10.6 Å². The average molecular weight is 242 g/mol. The van der Waals surface area contributed by atoms with E-state index in [9.17, 15) is 0 Å². The molecule has 100 valence electrons. The highest BCUT2D eigenvalue weighted by Crippen LogP contribution is 2.33. The van der Waals surface area contributed by atoms with Crippen molar-refractivity contribution in [2.75, 3.05) is 42.3 Å². The van der Waals surface area contributed by atoms with Gasteiger partial charge in [-0.15, -0.1) is 0 Å². The minimum Gasteiger partial charge on any atom is -0.370 e. The lowest BCUT2D eigenvalue weighted by Gasteiger charge is -2.59. The molecule has 0 aromatic heterocycles. The van der Waals surface area contributed by atoms with Crippen LogP contribution in [0.3, 0.4) is 0 Å². The summed E-state index contributed by atoms with van der Waals surface area (Å²) in [6, 6.07) is 0. The SMILES string of the molecule is CN(C)C1(C)N=C(N)N(C)C(C)(N(C)C)N1C. The molecule has 1 rings (SSSR count). The van der Waals surface area contributed by atoms with Gasteiger partial charge in [-0.05, 0) is 49.1 Å². The largest absolute Gasteiger partial charge is 0.370 e. The lowest BCUT2D eigenvalue weighted by Crippen LogP contribution is -2.76. The molecule has 0 amide bonds. The molecule has 2 unspecified atom stereocenters. The van der Waals surface area contributed by atoms with Crippen LogP contribution in [0.1, 0.15) is 13.8 Å². The van der Waals surface area contributed by atoms with Crippen LogP contribution in [0.5, 0.6) is 0 Å². The smallest absolute Gasteiger partial charge is 0.196 e. The molecular formula is C11H26N6. The van der Waals surface area contributed by atoms with Gasteiger partial charge in [-0.3, -0.25) is 9.80 Å². The highest BCUT2D eigenvalue weighted by atomic mass is 15.7. The van der Waals surface area contributed by atoms with E-state index in [-0.39, 0.29) is 5.79 Å². The van der Waals surface area contributed by atoms with E-state index >= 15 is 0 Å². The molecule has 1 aliphatic rings. The Balaban J connectivity index is 3.35. The summed E-state index contributed by atoms with van der Waals surface area (Å²) in [4.78, 5) is 13.0. The first-order valence-corrected chi connectivity index (χ1v) is 5.76. The van der Waals surface area contributed by atoms with Crippen LogP contribution in [0, 0.1) is 0 Å². The van der Waals surface area contributed by atoms with Gasteiger partial charge in [0.1, 0.15) is 0 Å². The molecule has 2 atom stereocenters. The fourth-order valence-electron chi connectivity index (χ4n) is 2.21. The van der Waals surface area contributed by atoms with E-state index in [4.69, 9.17) is 5.73 Å². The molecule has 0 aromatic carbocycles. The standard InChI is InChI=1S/C11H26N6/c1-10(14(3)4)13-9(12)16(7)11(2,15(5)6)17(10)8/h1-8H3,(H2,12,13). The number of hydrogen-bond acceptors (Lipinski definition) is 6. The fraction of sp³-hybridized carbons (Fsp3) is 0.909. The summed E-state index contributed by atoms with van der Waals surface area (Å²) in [6.07, 6.45) is 0. The Hall–Kier alpha value is -0.850. The highest BCUT2D eigenvalue weighted by molar-refractivity contribution is 5.79. The van der Waals surface area contributed by atoms with Crippen molar-refractivity contribution in [1.82, 2.24) is 19.6 Å². The molecule has 17 heavy (non-hydrogen) atoms. The Labute approximate surface area is 105 Å². The predicted molar refractivity (Wildman–Crippen MR) is 71.3 cm³/mol. The Morgan fingerprint density at radius 3 is 1.88 bits per heavy atom. The monoisotopic (exact) mass is 242 g/mol. The maximum Gasteiger partial charge on any atom is 0.196 e. The van der Waals surface area contributed by atoms with E-state index in [0.717, 1.165) is 0 Å². The first kappa shape index (κ1) is 14.2. The number of rotatable bonds is 2. The summed E-state index contributed by atoms with van der Waals surface area (Å²) in [5.41, 5.74) is 6.06. The molecule has 6 nitrogen and oxygen atoms in total. The van der Waals surface area contributed by atoms with Crippen molar-refractivity contribution < 1.29 is 0 Å². The van der Waals surface area contributed by atoms with Gasteiger partial charge in [0, 0.05) is 7.05 Å². The molecule has 0 fully saturated rings. The van der Waals surface area contributed by atoms with Crippen molar-refractivity contribution in [3.63, 3.8) is 0 Å². The van der Waals surface area contributed by atoms with Crippen molar-refractivity contribution >= 4 is 5.96 Å². The zero-order chi connectivity index (χ0) is 13.6. The first-order valence-electron chi connectivity index (χ1n) is 5.76. The van der Waals surface area contributed by atoms with Gasteiger partial charge in [-0.1, -0.05) is 0 Å². The van der Waals surface area contributed by atoms with Gasteiger partial charge in [0.15, 0.2) is 17.5 Å². The molecule has 0 bridgehead atoms. The Kier molecular flexibility index (Phi) is 3.44. The summed E-state index contributed by atoms with van der Waals surface area (Å²) >= 11 is 0. The van der Waals surface area contributed by atoms with Gasteiger partial charge in [-0.25, -0.2) is 9.89 Å². The topological polar surface area (TPSA) is 51.3 Å². The minimum atomic E-state index is -0.449. The van der Waals surface area contributed by atoms with Crippen LogP contribution >= 0.6 is 0 Å². The van der Waals surface area contributed by atoms with E-state index < -0.39 is 5.79 Å². The third-order valence-electron chi connectivity index (χ3n) is 4.27. The summed E-state index contributed by atoms with van der Waals surface area (Å²) in [6.45, 7) is 4.20. The minimum absolute atomic E-state index is 0.315. The van der Waals surface area contributed by atoms with E-state index in [2.05, 4.69) is 40.6 Å². The predicted octanol–water partition coefficient (Wildman–Crippen LogP) is -0.351. The van der Waals surface area contributed by atoms with Gasteiger partial charge in [-0.2, -0.15) is 0 Å². The maximum absolute atomic E-state index is 6.06. The third kappa shape index (κ3) is 1.80. The number of hydrogen-bond donors (Lipinski definition) is 1. The van der Waals surface area contributed by atoms with E-state index in [1.54, 1.807) is 0 Å². The molecule has 0 aromatic rings. The number of nitrogens with zero attached hydrogens (tertiary/aromatic N) is 5. The summed E-state index contributed by atoms with van der Waals surface area (Å²) in [7, 11) is 12.1. The van der Waals surface area contributed by atoms with Crippen LogP contribution in [0.4, 0.5) is 0 Å². The zero-order valence-electron chi connectivity index (χ0n) is 12.3. The molecule has 0 radical (unpaired) electrons. The van der Waals surface area contributed by atoms with E-state index in [1.807, 2.05) is 40.1 Å². The maximum atomic E-state index is 6.06. The normalized spacial score (nSPS) is 35.6. The van der Waals surface area contributed by atoms with Crippen LogP contribution in [-0.2, 0) is 0 Å². The van der Waals surface area contributed by atoms with Crippen molar-refractivity contribution in [2.24, 2.45) is 10.7 Å². The van der Waals surface area contributed by atoms with Crippen LogP contribution < -0.4 is 5.73 Å². The summed E-state index contributed by atoms with van der Waals surface area (Å²) in [5.74, 6) is -0.212. The number of nitrogens with two attached hydrogens (primary N) is 1. The molecule has 0 spiro atoms. The second-order valence-electron chi connectivity index (χ2n) is 5.32. The van der Waals surface area contributed by atoms with Crippen LogP contribution in [-0.4, -0.2) is 79.4 Å². The molecule has 1 aliphatic heterocycles. The molecule has 6 heteroatoms. The van der Waals surface area contributed by atoms with Gasteiger partial charge in [0.2, 0.25) is 0 Å². The number of guanidine groups is 1. The Morgan fingerprint density at radius 2 is 1.53 bits per heavy atom. The molecule has 2 N–H and O–H groups in total. The zero-order valence-corrected chi connectivity index (χ0v) is 12.3. The van der Waals surface area contributed by atoms with Crippen molar-refractivity contribution in [1.29, 1.82) is 0 Å². The van der Waals surface area contributed by atoms with Gasteiger partial charge in [0.05, 0.1) is 0 Å². The third-order valence-corrected chi connectivity index (χ3v) is 4.27. The summed E-state index contributed by atoms with van der Waals surface area (Å²) in [5, 5.41) is 0. The van der Waals surface area contributed by atoms with Crippen molar-refractivity contribution in [2.45, 2.75) is 25.4 Å². The molecule has 0 aliphatic carbocycles. The average Bonchev–Trinajstić information content (AvgIpc) is 2.23. The van der Waals surface area contributed by atoms with Gasteiger partial charge in [0.25, 0.3) is 0 Å². The first-order chi connectivity index (χ1) is 7.58. The summed E-state index contributed by atoms with van der Waals surface area (Å²) < 4.78 is 0. The van der Waals surface area contributed by atoms with Crippen LogP contribution in [0.25, 0.3) is 0 Å². The van der Waals surface area contributed by atoms with Gasteiger partial charge >= 0.3 is 0 Å². The highest BCUT2D eigenvalue weighted by Gasteiger charge is 2.50. The van der Waals surface area contributed by atoms with E-state index in [0.29, 0.717) is 5.96 Å². The lowest BCUT2D eigenvalue weighted by atomic mass is 10.1. The second kappa shape index (κ2) is 4.12. The van der Waals surface area contributed by atoms with Crippen molar-refractivity contribution in [3.8, 4) is 0 Å². The molecule has 1 heterocycles. The molecule has 0 saturated carbocycles. The van der Waals surface area contributed by atoms with Crippen LogP contribution in [0.15, 0.2) is 4.99 Å². The molecule has 0 saturated heterocycles. The Morgan fingerprint density at radius 1 is 1.06 bits per heavy atom. The quantitative estimate of drug-likeness (QED) is 0.717. The van der Waals surface area contributed by atoms with E-state index in [1.165, 1.54) is 0 Å². The van der Waals surface area contributed by atoms with Crippen molar-refractivity contribution in [3.05, 3.63) is 0 Å². The lowest BCUT2D eigenvalue weighted by molar-refractivity contribution is -0.179. The second-order valence-corrected chi connectivity index (χ2v) is 5.32. The Bertz CT molecular complexity index is 326. The molecular weight excluding hydrogens is 216 g/mol. The number of aliphatic imine (C=N–C) groups is 1.